The van der Waals surface area contributed by atoms with Crippen LogP contribution in [0.3, 0.4) is 0 Å². The summed E-state index contributed by atoms with van der Waals surface area (Å²) in [6, 6.07) is 19.8. The average Bonchev–Trinajstić information content (AvgIpc) is 3.27. The number of carbonyl (C=O) groups is 1. The van der Waals surface area contributed by atoms with Crippen LogP contribution in [0.2, 0.25) is 0 Å². The van der Waals surface area contributed by atoms with E-state index in [-0.39, 0.29) is 12.1 Å². The molecule has 2 N–H and O–H groups in total. The van der Waals surface area contributed by atoms with Crippen LogP contribution in [-0.4, -0.2) is 26.0 Å². The maximum Gasteiger partial charge on any atom is 0.258 e. The van der Waals surface area contributed by atoms with Crippen molar-refractivity contribution in [1.82, 2.24) is 20.1 Å². The second-order valence-electron chi connectivity index (χ2n) is 7.45. The minimum Gasteiger partial charge on any atom is -0.361 e. The first kappa shape index (κ1) is 18.1. The zero-order chi connectivity index (χ0) is 20.5. The summed E-state index contributed by atoms with van der Waals surface area (Å²) in [5, 5.41) is 10.9. The van der Waals surface area contributed by atoms with Gasteiger partial charge in [-0.05, 0) is 36.8 Å². The van der Waals surface area contributed by atoms with Gasteiger partial charge in [-0.2, -0.15) is 5.10 Å². The van der Waals surface area contributed by atoms with Gasteiger partial charge in [0.1, 0.15) is 6.17 Å². The van der Waals surface area contributed by atoms with Gasteiger partial charge in [-0.15, -0.1) is 0 Å². The predicted octanol–water partition coefficient (Wildman–Crippen LogP) is 4.55. The van der Waals surface area contributed by atoms with Gasteiger partial charge in [0.05, 0.1) is 17.5 Å². The first-order valence-corrected chi connectivity index (χ1v) is 9.86. The van der Waals surface area contributed by atoms with Crippen molar-refractivity contribution >= 4 is 11.6 Å². The molecule has 0 spiro atoms. The van der Waals surface area contributed by atoms with Crippen molar-refractivity contribution < 1.29 is 4.79 Å². The molecule has 4 aromatic rings. The maximum absolute atomic E-state index is 13.5. The Kier molecular flexibility index (Phi) is 4.52. The van der Waals surface area contributed by atoms with Crippen LogP contribution in [0.25, 0.3) is 11.3 Å². The van der Waals surface area contributed by atoms with Crippen LogP contribution in [0.1, 0.15) is 33.2 Å². The predicted molar refractivity (Wildman–Crippen MR) is 116 cm³/mol. The molecule has 2 aromatic heterocycles. The molecule has 5 rings (SSSR count). The number of H-pyrrole nitrogens is 1. The van der Waals surface area contributed by atoms with E-state index in [1.54, 1.807) is 18.6 Å². The SMILES string of the molecule is Cc1ccc(CN2C(=O)c3ccccc3N[C@H]2c2cn[nH]c2-c2cccnc2)cc1. The summed E-state index contributed by atoms with van der Waals surface area (Å²) in [7, 11) is 0. The molecule has 0 unspecified atom stereocenters. The first-order valence-electron chi connectivity index (χ1n) is 9.86. The van der Waals surface area contributed by atoms with E-state index in [9.17, 15) is 4.79 Å². The number of anilines is 1. The van der Waals surface area contributed by atoms with Crippen LogP contribution in [0.4, 0.5) is 5.69 Å². The van der Waals surface area contributed by atoms with Crippen molar-refractivity contribution in [3.8, 4) is 11.3 Å². The molecule has 1 amide bonds. The number of para-hydroxylation sites is 1. The van der Waals surface area contributed by atoms with Crippen LogP contribution >= 0.6 is 0 Å². The van der Waals surface area contributed by atoms with Gasteiger partial charge < -0.3 is 10.2 Å². The summed E-state index contributed by atoms with van der Waals surface area (Å²) in [4.78, 5) is 19.6. The number of rotatable bonds is 4. The molecule has 0 bridgehead atoms. The topological polar surface area (TPSA) is 73.9 Å². The lowest BCUT2D eigenvalue weighted by atomic mass is 10.0. The number of pyridine rings is 1. The van der Waals surface area contributed by atoms with Crippen molar-refractivity contribution in [3.63, 3.8) is 0 Å². The number of hydrogen-bond donors (Lipinski definition) is 2. The largest absolute Gasteiger partial charge is 0.361 e. The van der Waals surface area contributed by atoms with E-state index in [1.807, 2.05) is 41.3 Å². The average molecular weight is 395 g/mol. The van der Waals surface area contributed by atoms with Crippen LogP contribution in [-0.2, 0) is 6.54 Å². The number of nitrogens with zero attached hydrogens (tertiary/aromatic N) is 3. The molecule has 6 nitrogen and oxygen atoms in total. The van der Waals surface area contributed by atoms with Gasteiger partial charge in [0.15, 0.2) is 0 Å². The number of nitrogens with one attached hydrogen (secondary N) is 2. The summed E-state index contributed by atoms with van der Waals surface area (Å²) in [6.07, 6.45) is 4.95. The van der Waals surface area contributed by atoms with Crippen molar-refractivity contribution in [2.24, 2.45) is 0 Å². The fraction of sp³-hybridized carbons (Fsp3) is 0.125. The summed E-state index contributed by atoms with van der Waals surface area (Å²) in [5.74, 6) is -0.00624. The van der Waals surface area contributed by atoms with Crippen LogP contribution < -0.4 is 5.32 Å². The molecule has 0 fully saturated rings. The number of benzene rings is 2. The Hall–Kier alpha value is -3.93. The second kappa shape index (κ2) is 7.48. The molecule has 148 valence electrons. The molecule has 1 aliphatic rings. The number of aromatic amines is 1. The number of fused-ring (bicyclic) bond motifs is 1. The Bertz CT molecular complexity index is 1180. The molecular weight excluding hydrogens is 374 g/mol. The third-order valence-corrected chi connectivity index (χ3v) is 5.41. The van der Waals surface area contributed by atoms with Gasteiger partial charge in [-0.3, -0.25) is 14.9 Å². The highest BCUT2D eigenvalue weighted by Gasteiger charge is 2.34. The number of aromatic nitrogens is 3. The van der Waals surface area contributed by atoms with Crippen LogP contribution in [0.15, 0.2) is 79.3 Å². The molecular formula is C24H21N5O. The van der Waals surface area contributed by atoms with Gasteiger partial charge in [0.2, 0.25) is 0 Å². The Balaban J connectivity index is 1.59. The highest BCUT2D eigenvalue weighted by molar-refractivity contribution is 6.01. The molecule has 1 aliphatic heterocycles. The summed E-state index contributed by atoms with van der Waals surface area (Å²) < 4.78 is 0. The van der Waals surface area contributed by atoms with Crippen molar-refractivity contribution in [2.45, 2.75) is 19.6 Å². The minimum atomic E-state index is -0.359. The molecule has 1 atom stereocenters. The zero-order valence-corrected chi connectivity index (χ0v) is 16.5. The van der Waals surface area contributed by atoms with Crippen molar-refractivity contribution in [1.29, 1.82) is 0 Å². The van der Waals surface area contributed by atoms with Crippen molar-refractivity contribution in [2.75, 3.05) is 5.32 Å². The number of carbonyl (C=O) groups excluding carboxylic acids is 1. The minimum absolute atomic E-state index is 0.00624. The Morgan fingerprint density at radius 3 is 2.63 bits per heavy atom. The van der Waals surface area contributed by atoms with Crippen molar-refractivity contribution in [3.05, 3.63) is 102 Å². The Morgan fingerprint density at radius 2 is 1.83 bits per heavy atom. The fourth-order valence-electron chi connectivity index (χ4n) is 3.84. The van der Waals surface area contributed by atoms with Gasteiger partial charge >= 0.3 is 0 Å². The smallest absolute Gasteiger partial charge is 0.258 e. The number of amides is 1. The normalized spacial score (nSPS) is 15.6. The molecule has 0 radical (unpaired) electrons. The molecule has 30 heavy (non-hydrogen) atoms. The lowest BCUT2D eigenvalue weighted by Gasteiger charge is -2.38. The molecule has 0 saturated heterocycles. The van der Waals surface area contributed by atoms with Gasteiger partial charge in [0.25, 0.3) is 5.91 Å². The molecule has 0 aliphatic carbocycles. The van der Waals surface area contributed by atoms with E-state index in [4.69, 9.17) is 0 Å². The first-order chi connectivity index (χ1) is 14.7. The quantitative estimate of drug-likeness (QED) is 0.532. The molecule has 0 saturated carbocycles. The van der Waals surface area contributed by atoms with E-state index >= 15 is 0 Å². The van der Waals surface area contributed by atoms with Gasteiger partial charge in [0, 0.05) is 35.8 Å². The fourth-order valence-corrected chi connectivity index (χ4v) is 3.84. The van der Waals surface area contributed by atoms with Gasteiger partial charge in [-0.1, -0.05) is 42.0 Å². The van der Waals surface area contributed by atoms with Crippen LogP contribution in [0, 0.1) is 6.92 Å². The van der Waals surface area contributed by atoms with E-state index in [2.05, 4.69) is 51.7 Å². The molecule has 3 heterocycles. The maximum atomic E-state index is 13.5. The highest BCUT2D eigenvalue weighted by Crippen LogP contribution is 2.37. The summed E-state index contributed by atoms with van der Waals surface area (Å²) in [6.45, 7) is 2.55. The summed E-state index contributed by atoms with van der Waals surface area (Å²) >= 11 is 0. The monoisotopic (exact) mass is 395 g/mol. The van der Waals surface area contributed by atoms with E-state index in [1.165, 1.54) is 5.56 Å². The Labute approximate surface area is 174 Å². The lowest BCUT2D eigenvalue weighted by Crippen LogP contribution is -2.42. The molecule has 2 aromatic carbocycles. The standard InChI is InChI=1S/C24H21N5O/c1-16-8-10-17(11-9-16)15-29-23(27-21-7-3-2-6-19(21)24(29)30)20-14-26-28-22(20)18-5-4-12-25-13-18/h2-14,23,27H,15H2,1H3,(H,26,28)/t23-/m1/s1. The zero-order valence-electron chi connectivity index (χ0n) is 16.5. The lowest BCUT2D eigenvalue weighted by molar-refractivity contribution is 0.0667. The highest BCUT2D eigenvalue weighted by atomic mass is 16.2. The number of aryl methyl sites for hydroxylation is 1. The summed E-state index contributed by atoms with van der Waals surface area (Å²) in [5.41, 5.74) is 6.44. The van der Waals surface area contributed by atoms with E-state index in [0.717, 1.165) is 28.1 Å². The Morgan fingerprint density at radius 1 is 1.00 bits per heavy atom. The third kappa shape index (κ3) is 3.22. The van der Waals surface area contributed by atoms with Crippen LogP contribution in [0.5, 0.6) is 0 Å². The second-order valence-corrected chi connectivity index (χ2v) is 7.45. The third-order valence-electron chi connectivity index (χ3n) is 5.41. The van der Waals surface area contributed by atoms with E-state index < -0.39 is 0 Å². The molecule has 6 heteroatoms. The number of hydrogen-bond acceptors (Lipinski definition) is 4. The van der Waals surface area contributed by atoms with E-state index in [0.29, 0.717) is 12.1 Å². The van der Waals surface area contributed by atoms with Gasteiger partial charge in [-0.25, -0.2) is 0 Å².